The monoisotopic (exact) mass is 454 g/mol. The molecule has 0 unspecified atom stereocenters. The Morgan fingerprint density at radius 1 is 1.18 bits per heavy atom. The molecule has 4 rings (SSSR count). The third kappa shape index (κ3) is 4.82. The van der Waals surface area contributed by atoms with Crippen molar-refractivity contribution in [2.75, 3.05) is 0 Å². The van der Waals surface area contributed by atoms with Gasteiger partial charge in [0.1, 0.15) is 17.1 Å². The minimum atomic E-state index is -1.17. The molecule has 33 heavy (non-hydrogen) atoms. The molecule has 1 atom stereocenters. The van der Waals surface area contributed by atoms with Crippen LogP contribution < -0.4 is 5.32 Å². The second-order valence-electron chi connectivity index (χ2n) is 10.0. The lowest BCUT2D eigenvalue weighted by molar-refractivity contribution is -0.134. The van der Waals surface area contributed by atoms with Gasteiger partial charge in [0.05, 0.1) is 18.8 Å². The van der Waals surface area contributed by atoms with Crippen molar-refractivity contribution in [3.8, 4) is 0 Å². The highest BCUT2D eigenvalue weighted by Crippen LogP contribution is 2.31. The first kappa shape index (κ1) is 23.5. The molecule has 1 N–H and O–H groups in total. The summed E-state index contributed by atoms with van der Waals surface area (Å²) < 4.78 is 16.2. The molecule has 7 heteroatoms. The number of fused-ring (bicyclic) bond motifs is 1. The van der Waals surface area contributed by atoms with Crippen LogP contribution in [0.5, 0.6) is 0 Å². The van der Waals surface area contributed by atoms with Crippen LogP contribution in [0.3, 0.4) is 0 Å². The van der Waals surface area contributed by atoms with Crippen LogP contribution in [-0.2, 0) is 17.9 Å². The van der Waals surface area contributed by atoms with Crippen molar-refractivity contribution in [1.82, 2.24) is 20.0 Å². The fourth-order valence-electron chi connectivity index (χ4n) is 4.93. The number of rotatable bonds is 5. The number of nitrogens with zero attached hydrogens (tertiary/aromatic N) is 3. The fraction of sp³-hybridized carbons (Fsp3) is 0.577. The van der Waals surface area contributed by atoms with Crippen molar-refractivity contribution in [2.24, 2.45) is 0 Å². The zero-order valence-electron chi connectivity index (χ0n) is 19.9. The number of nitrogens with one attached hydrogen (secondary N) is 1. The maximum absolute atomic E-state index is 14.5. The van der Waals surface area contributed by atoms with E-state index in [4.69, 9.17) is 0 Å². The lowest BCUT2D eigenvalue weighted by Gasteiger charge is -2.44. The third-order valence-electron chi connectivity index (χ3n) is 7.12. The largest absolute Gasteiger partial charge is 0.351 e. The second-order valence-corrected chi connectivity index (χ2v) is 10.0. The summed E-state index contributed by atoms with van der Waals surface area (Å²) >= 11 is 0. The van der Waals surface area contributed by atoms with Gasteiger partial charge < -0.3 is 10.2 Å². The summed E-state index contributed by atoms with van der Waals surface area (Å²) in [7, 11) is 0. The topological polar surface area (TPSA) is 67.2 Å². The number of hydrogen-bond donors (Lipinski definition) is 1. The molecule has 1 aromatic heterocycles. The van der Waals surface area contributed by atoms with E-state index in [9.17, 15) is 14.0 Å². The van der Waals surface area contributed by atoms with Gasteiger partial charge in [-0.05, 0) is 37.8 Å². The molecule has 178 valence electrons. The van der Waals surface area contributed by atoms with Gasteiger partial charge >= 0.3 is 0 Å². The van der Waals surface area contributed by atoms with Gasteiger partial charge in [0.2, 0.25) is 5.91 Å². The number of carbonyl (C=O) groups is 2. The second kappa shape index (κ2) is 9.65. The van der Waals surface area contributed by atoms with E-state index >= 15 is 0 Å². The van der Waals surface area contributed by atoms with Crippen molar-refractivity contribution in [2.45, 2.75) is 96.3 Å². The lowest BCUT2D eigenvalue weighted by atomic mass is 9.91. The van der Waals surface area contributed by atoms with Crippen LogP contribution in [0.2, 0.25) is 0 Å². The van der Waals surface area contributed by atoms with Crippen LogP contribution in [0.1, 0.15) is 93.4 Å². The Labute approximate surface area is 195 Å². The number of carbonyl (C=O) groups excluding carboxylic acids is 2. The molecule has 1 aliphatic heterocycles. The SMILES string of the molecule is CC(C)c1cc2n(n1)C[C@@](C)(C(=O)NC1CCCCCCC1)N(Cc1ccccc1F)C2=O. The Morgan fingerprint density at radius 3 is 2.52 bits per heavy atom. The first-order chi connectivity index (χ1) is 15.8. The smallest absolute Gasteiger partial charge is 0.273 e. The number of aromatic nitrogens is 2. The van der Waals surface area contributed by atoms with E-state index < -0.39 is 5.54 Å². The summed E-state index contributed by atoms with van der Waals surface area (Å²) in [6.45, 7) is 6.10. The molecule has 6 nitrogen and oxygen atoms in total. The number of amides is 2. The summed E-state index contributed by atoms with van der Waals surface area (Å²) in [5, 5.41) is 7.87. The molecule has 2 aliphatic rings. The Balaban J connectivity index is 1.67. The van der Waals surface area contributed by atoms with Crippen LogP contribution in [0.25, 0.3) is 0 Å². The van der Waals surface area contributed by atoms with Crippen molar-refractivity contribution >= 4 is 11.8 Å². The third-order valence-corrected chi connectivity index (χ3v) is 7.12. The number of halogens is 1. The number of hydrogen-bond acceptors (Lipinski definition) is 3. The first-order valence-electron chi connectivity index (χ1n) is 12.2. The van der Waals surface area contributed by atoms with Crippen molar-refractivity contribution in [1.29, 1.82) is 0 Å². The predicted octanol–water partition coefficient (Wildman–Crippen LogP) is 4.79. The molecule has 2 aromatic rings. The van der Waals surface area contributed by atoms with E-state index in [0.29, 0.717) is 11.3 Å². The molecule has 2 amide bonds. The van der Waals surface area contributed by atoms with Gasteiger partial charge in [-0.3, -0.25) is 14.3 Å². The van der Waals surface area contributed by atoms with Gasteiger partial charge in [0.15, 0.2) is 0 Å². The predicted molar refractivity (Wildman–Crippen MR) is 125 cm³/mol. The highest BCUT2D eigenvalue weighted by molar-refractivity contribution is 5.99. The van der Waals surface area contributed by atoms with E-state index in [-0.39, 0.29) is 42.7 Å². The van der Waals surface area contributed by atoms with Gasteiger partial charge in [-0.1, -0.05) is 64.2 Å². The van der Waals surface area contributed by atoms with E-state index in [1.54, 1.807) is 35.9 Å². The van der Waals surface area contributed by atoms with Crippen LogP contribution >= 0.6 is 0 Å². The average molecular weight is 455 g/mol. The van der Waals surface area contributed by atoms with Crippen molar-refractivity contribution in [3.05, 3.63) is 53.1 Å². The minimum absolute atomic E-state index is 0.0300. The Bertz CT molecular complexity index is 1010. The van der Waals surface area contributed by atoms with Crippen LogP contribution in [0.4, 0.5) is 4.39 Å². The van der Waals surface area contributed by atoms with Gasteiger partial charge in [-0.2, -0.15) is 5.10 Å². The van der Waals surface area contributed by atoms with Gasteiger partial charge in [-0.25, -0.2) is 4.39 Å². The summed E-state index contributed by atoms with van der Waals surface area (Å²) in [5.41, 5.74) is 0.489. The highest BCUT2D eigenvalue weighted by Gasteiger charge is 2.48. The molecular formula is C26H35FN4O2. The zero-order valence-corrected chi connectivity index (χ0v) is 19.9. The van der Waals surface area contributed by atoms with Gasteiger partial charge in [0.25, 0.3) is 5.91 Å². The van der Waals surface area contributed by atoms with Crippen molar-refractivity contribution in [3.63, 3.8) is 0 Å². The highest BCUT2D eigenvalue weighted by atomic mass is 19.1. The van der Waals surface area contributed by atoms with E-state index in [2.05, 4.69) is 10.4 Å². The maximum atomic E-state index is 14.5. The summed E-state index contributed by atoms with van der Waals surface area (Å²) in [4.78, 5) is 28.9. The minimum Gasteiger partial charge on any atom is -0.351 e. The fourth-order valence-corrected chi connectivity index (χ4v) is 4.93. The summed E-state index contributed by atoms with van der Waals surface area (Å²) in [6, 6.07) is 8.33. The molecule has 0 spiro atoms. The molecular weight excluding hydrogens is 419 g/mol. The molecule has 0 bridgehead atoms. The van der Waals surface area contributed by atoms with Gasteiger partial charge in [0, 0.05) is 11.6 Å². The molecule has 0 saturated heterocycles. The Morgan fingerprint density at radius 2 is 1.85 bits per heavy atom. The van der Waals surface area contributed by atoms with Crippen LogP contribution in [-0.4, -0.2) is 38.1 Å². The van der Waals surface area contributed by atoms with E-state index in [1.165, 1.54) is 30.2 Å². The lowest BCUT2D eigenvalue weighted by Crippen LogP contribution is -2.64. The zero-order chi connectivity index (χ0) is 23.6. The summed E-state index contributed by atoms with van der Waals surface area (Å²) in [5.74, 6) is -0.704. The Hall–Kier alpha value is -2.70. The summed E-state index contributed by atoms with van der Waals surface area (Å²) in [6.07, 6.45) is 7.73. The normalized spacial score (nSPS) is 22.1. The quantitative estimate of drug-likeness (QED) is 0.706. The molecule has 0 radical (unpaired) electrons. The molecule has 2 heterocycles. The molecule has 1 aliphatic carbocycles. The standard InChI is InChI=1S/C26H35FN4O2/c1-18(2)22-15-23-24(32)30(16-19-11-9-10-14-21(19)27)26(3,17-31(23)29-22)25(33)28-20-12-7-5-4-6-8-13-20/h9-11,14-15,18,20H,4-8,12-13,16-17H2,1-3H3,(H,28,33)/t26-/m0/s1. The average Bonchev–Trinajstić information content (AvgIpc) is 3.18. The van der Waals surface area contributed by atoms with Gasteiger partial charge in [-0.15, -0.1) is 0 Å². The number of benzene rings is 1. The maximum Gasteiger partial charge on any atom is 0.273 e. The molecule has 1 aromatic carbocycles. The van der Waals surface area contributed by atoms with E-state index in [1.807, 2.05) is 13.8 Å². The van der Waals surface area contributed by atoms with Crippen LogP contribution in [0.15, 0.2) is 30.3 Å². The van der Waals surface area contributed by atoms with Crippen molar-refractivity contribution < 1.29 is 14.0 Å². The molecule has 1 saturated carbocycles. The van der Waals surface area contributed by atoms with Crippen LogP contribution in [0, 0.1) is 5.82 Å². The Kier molecular flexibility index (Phi) is 6.86. The van der Waals surface area contributed by atoms with E-state index in [0.717, 1.165) is 31.4 Å². The first-order valence-corrected chi connectivity index (χ1v) is 12.2. The molecule has 1 fully saturated rings.